The van der Waals surface area contributed by atoms with Gasteiger partial charge in [-0.15, -0.1) is 0 Å². The summed E-state index contributed by atoms with van der Waals surface area (Å²) in [4.78, 5) is 41.6. The van der Waals surface area contributed by atoms with Crippen LogP contribution in [-0.2, 0) is 20.7 Å². The van der Waals surface area contributed by atoms with Crippen LogP contribution in [0, 0.1) is 0 Å². The van der Waals surface area contributed by atoms with Gasteiger partial charge in [-0.2, -0.15) is 0 Å². The van der Waals surface area contributed by atoms with Gasteiger partial charge in [-0.25, -0.2) is 4.79 Å². The first-order chi connectivity index (χ1) is 14.9. The van der Waals surface area contributed by atoms with Gasteiger partial charge in [0.05, 0.1) is 24.3 Å². The van der Waals surface area contributed by atoms with E-state index in [9.17, 15) is 19.5 Å². The summed E-state index contributed by atoms with van der Waals surface area (Å²) in [5, 5.41) is 11.5. The number of carbonyl (C=O) groups is 3. The molecular weight excluding hydrogens is 396 g/mol. The first kappa shape index (κ1) is 20.4. The van der Waals surface area contributed by atoms with Gasteiger partial charge in [0, 0.05) is 23.6 Å². The number of H-pyrrole nitrogens is 1. The third-order valence-electron chi connectivity index (χ3n) is 5.63. The molecule has 3 aromatic rings. The van der Waals surface area contributed by atoms with E-state index in [-0.39, 0.29) is 11.4 Å². The number of aromatic amines is 1. The van der Waals surface area contributed by atoms with Crippen LogP contribution in [0.25, 0.3) is 10.9 Å². The van der Waals surface area contributed by atoms with Crippen LogP contribution < -0.4 is 0 Å². The Balaban J connectivity index is 1.66. The van der Waals surface area contributed by atoms with Crippen LogP contribution >= 0.6 is 0 Å². The zero-order valence-electron chi connectivity index (χ0n) is 17.2. The molecule has 1 atom stereocenters. The maximum Gasteiger partial charge on any atom is 0.337 e. The summed E-state index contributed by atoms with van der Waals surface area (Å²) < 4.78 is 4.72. The SMILES string of the molecule is COC(=O)c1ccc([C@H]2C(C(C)=O)=C(O)C(=O)N2CCc2c[nH]c3ccccc23)cc1. The molecule has 2 aromatic carbocycles. The molecule has 1 aliphatic rings. The molecule has 0 saturated carbocycles. The Morgan fingerprint density at radius 1 is 1.13 bits per heavy atom. The van der Waals surface area contributed by atoms with Crippen molar-refractivity contribution in [2.75, 3.05) is 13.7 Å². The first-order valence-corrected chi connectivity index (χ1v) is 9.90. The van der Waals surface area contributed by atoms with Gasteiger partial charge in [0.25, 0.3) is 5.91 Å². The topological polar surface area (TPSA) is 99.7 Å². The molecule has 0 fully saturated rings. The Morgan fingerprint density at radius 2 is 1.84 bits per heavy atom. The van der Waals surface area contributed by atoms with Crippen molar-refractivity contribution in [3.05, 3.63) is 82.8 Å². The lowest BCUT2D eigenvalue weighted by Crippen LogP contribution is -2.33. The molecule has 2 N–H and O–H groups in total. The number of esters is 1. The Hall–Kier alpha value is -3.87. The lowest BCUT2D eigenvalue weighted by Gasteiger charge is -2.26. The summed E-state index contributed by atoms with van der Waals surface area (Å²) >= 11 is 0. The van der Waals surface area contributed by atoms with Gasteiger partial charge >= 0.3 is 5.97 Å². The molecule has 1 aliphatic heterocycles. The van der Waals surface area contributed by atoms with Crippen LogP contribution in [0.15, 0.2) is 66.1 Å². The van der Waals surface area contributed by atoms with Crippen LogP contribution in [-0.4, -0.2) is 46.3 Å². The van der Waals surface area contributed by atoms with Crippen LogP contribution in [0.3, 0.4) is 0 Å². The summed E-state index contributed by atoms with van der Waals surface area (Å²) in [5.41, 5.74) is 3.10. The van der Waals surface area contributed by atoms with Crippen molar-refractivity contribution >= 4 is 28.6 Å². The van der Waals surface area contributed by atoms with Crippen LogP contribution in [0.1, 0.15) is 34.5 Å². The first-order valence-electron chi connectivity index (χ1n) is 9.90. The van der Waals surface area contributed by atoms with Crippen LogP contribution in [0.4, 0.5) is 0 Å². The Bertz CT molecular complexity index is 1210. The highest BCUT2D eigenvalue weighted by Crippen LogP contribution is 2.38. The minimum absolute atomic E-state index is 0.0646. The van der Waals surface area contributed by atoms with E-state index in [1.165, 1.54) is 18.9 Å². The van der Waals surface area contributed by atoms with Gasteiger partial charge in [-0.3, -0.25) is 9.59 Å². The zero-order valence-corrected chi connectivity index (χ0v) is 17.2. The molecule has 1 aromatic heterocycles. The van der Waals surface area contributed by atoms with E-state index in [0.717, 1.165) is 16.5 Å². The maximum atomic E-state index is 12.8. The number of nitrogens with zero attached hydrogens (tertiary/aromatic N) is 1. The molecule has 0 unspecified atom stereocenters. The summed E-state index contributed by atoms with van der Waals surface area (Å²) in [5.74, 6) is -1.95. The molecule has 0 radical (unpaired) electrons. The van der Waals surface area contributed by atoms with Gasteiger partial charge in [0.15, 0.2) is 11.5 Å². The molecule has 0 spiro atoms. The lowest BCUT2D eigenvalue weighted by atomic mass is 9.95. The average molecular weight is 418 g/mol. The predicted molar refractivity (Wildman–Crippen MR) is 115 cm³/mol. The molecule has 7 heteroatoms. The second kappa shape index (κ2) is 8.10. The van der Waals surface area contributed by atoms with Crippen molar-refractivity contribution in [1.82, 2.24) is 9.88 Å². The lowest BCUT2D eigenvalue weighted by molar-refractivity contribution is -0.129. The zero-order chi connectivity index (χ0) is 22.1. The van der Waals surface area contributed by atoms with Crippen molar-refractivity contribution in [1.29, 1.82) is 0 Å². The van der Waals surface area contributed by atoms with Crippen molar-refractivity contribution in [2.24, 2.45) is 0 Å². The summed E-state index contributed by atoms with van der Waals surface area (Å²) in [6, 6.07) is 13.7. The Kier molecular flexibility index (Phi) is 5.33. The normalized spacial score (nSPS) is 16.3. The van der Waals surface area contributed by atoms with Gasteiger partial charge in [0.2, 0.25) is 0 Å². The minimum atomic E-state index is -0.720. The quantitative estimate of drug-likeness (QED) is 0.597. The van der Waals surface area contributed by atoms with Gasteiger partial charge < -0.3 is 19.7 Å². The fraction of sp³-hybridized carbons (Fsp3) is 0.208. The van der Waals surface area contributed by atoms with Crippen molar-refractivity contribution in [3.63, 3.8) is 0 Å². The highest BCUT2D eigenvalue weighted by atomic mass is 16.5. The van der Waals surface area contributed by atoms with E-state index in [0.29, 0.717) is 24.1 Å². The van der Waals surface area contributed by atoms with Crippen molar-refractivity contribution in [2.45, 2.75) is 19.4 Å². The molecule has 7 nitrogen and oxygen atoms in total. The molecule has 1 amide bonds. The van der Waals surface area contributed by atoms with E-state index in [1.807, 2.05) is 30.5 Å². The Morgan fingerprint density at radius 3 is 2.52 bits per heavy atom. The number of methoxy groups -OCH3 is 1. The molecule has 31 heavy (non-hydrogen) atoms. The number of para-hydroxylation sites is 1. The molecule has 0 saturated heterocycles. The fourth-order valence-electron chi connectivity index (χ4n) is 4.09. The monoisotopic (exact) mass is 418 g/mol. The second-order valence-electron chi connectivity index (χ2n) is 7.44. The summed E-state index contributed by atoms with van der Waals surface area (Å²) in [7, 11) is 1.30. The van der Waals surface area contributed by atoms with Crippen molar-refractivity contribution < 1.29 is 24.2 Å². The number of carbonyl (C=O) groups excluding carboxylic acids is 3. The number of ketones is 1. The molecule has 2 heterocycles. The highest BCUT2D eigenvalue weighted by molar-refractivity contribution is 6.08. The van der Waals surface area contributed by atoms with E-state index in [2.05, 4.69) is 4.98 Å². The van der Waals surface area contributed by atoms with E-state index >= 15 is 0 Å². The largest absolute Gasteiger partial charge is 0.503 e. The number of aliphatic hydroxyl groups excluding tert-OH is 1. The minimum Gasteiger partial charge on any atom is -0.503 e. The van der Waals surface area contributed by atoms with Crippen LogP contribution in [0.2, 0.25) is 0 Å². The number of ether oxygens (including phenoxy) is 1. The standard InChI is InChI=1S/C24H22N2O5/c1-14(27)20-21(15-7-9-16(10-8-15)24(30)31-2)26(23(29)22(20)28)12-11-17-13-25-19-6-4-3-5-18(17)19/h3-10,13,21,25,28H,11-12H2,1-2H3/t21-/m0/s1. The number of hydrogen-bond donors (Lipinski definition) is 2. The third kappa shape index (κ3) is 3.59. The number of benzene rings is 2. The van der Waals surface area contributed by atoms with Crippen LogP contribution in [0.5, 0.6) is 0 Å². The molecule has 4 rings (SSSR count). The third-order valence-corrected chi connectivity index (χ3v) is 5.63. The molecule has 0 aliphatic carbocycles. The predicted octanol–water partition coefficient (Wildman–Crippen LogP) is 3.48. The summed E-state index contributed by atoms with van der Waals surface area (Å²) in [6.07, 6.45) is 2.45. The number of aliphatic hydroxyl groups is 1. The number of Topliss-reactive ketones (excluding diaryl/α,β-unsaturated/α-hetero) is 1. The number of hydrogen-bond acceptors (Lipinski definition) is 5. The maximum absolute atomic E-state index is 12.8. The van der Waals surface area contributed by atoms with E-state index < -0.39 is 23.7 Å². The smallest absolute Gasteiger partial charge is 0.337 e. The van der Waals surface area contributed by atoms with Gasteiger partial charge in [-0.05, 0) is 42.7 Å². The fourth-order valence-corrected chi connectivity index (χ4v) is 4.09. The average Bonchev–Trinajstić information content (AvgIpc) is 3.30. The number of fused-ring (bicyclic) bond motifs is 1. The highest BCUT2D eigenvalue weighted by Gasteiger charge is 2.42. The summed E-state index contributed by atoms with van der Waals surface area (Å²) in [6.45, 7) is 1.64. The second-order valence-corrected chi connectivity index (χ2v) is 7.44. The number of amides is 1. The van der Waals surface area contributed by atoms with Crippen molar-refractivity contribution in [3.8, 4) is 0 Å². The van der Waals surface area contributed by atoms with E-state index in [4.69, 9.17) is 4.74 Å². The van der Waals surface area contributed by atoms with Gasteiger partial charge in [-0.1, -0.05) is 30.3 Å². The Labute approximate surface area is 178 Å². The molecule has 0 bridgehead atoms. The van der Waals surface area contributed by atoms with E-state index in [1.54, 1.807) is 24.3 Å². The number of nitrogens with one attached hydrogen (secondary N) is 1. The number of rotatable bonds is 6. The number of aromatic nitrogens is 1. The molecular formula is C24H22N2O5. The molecule has 158 valence electrons. The van der Waals surface area contributed by atoms with Gasteiger partial charge in [0.1, 0.15) is 0 Å².